The van der Waals surface area contributed by atoms with Crippen molar-refractivity contribution >= 4 is 38.3 Å². The van der Waals surface area contributed by atoms with Gasteiger partial charge in [0.15, 0.2) is 9.84 Å². The highest BCUT2D eigenvalue weighted by atomic mass is 127. The monoisotopic (exact) mass is 691 g/mol. The first-order valence-electron chi connectivity index (χ1n) is 11.9. The highest BCUT2D eigenvalue weighted by molar-refractivity contribution is 14.1. The lowest BCUT2D eigenvalue weighted by atomic mass is 9.76. The van der Waals surface area contributed by atoms with Crippen molar-refractivity contribution in [3.8, 4) is 0 Å². The number of likely N-dealkylation sites (tertiary alicyclic amines) is 1. The second kappa shape index (κ2) is 8.78. The number of rotatable bonds is 4. The number of alkyl halides is 7. The average Bonchev–Trinajstić information content (AvgIpc) is 3.47. The Balaban J connectivity index is 1.71. The summed E-state index contributed by atoms with van der Waals surface area (Å²) in [6, 6.07) is 6.27. The van der Waals surface area contributed by atoms with Gasteiger partial charge in [0.25, 0.3) is 5.91 Å². The summed E-state index contributed by atoms with van der Waals surface area (Å²) < 4.78 is 123. The molecule has 212 valence electrons. The van der Waals surface area contributed by atoms with Crippen molar-refractivity contribution in [3.05, 3.63) is 62.7 Å². The number of hydrogen-bond donors (Lipinski definition) is 1. The lowest BCUT2D eigenvalue weighted by Gasteiger charge is -2.43. The van der Waals surface area contributed by atoms with Gasteiger partial charge in [-0.3, -0.25) is 4.79 Å². The molecule has 0 aromatic heterocycles. The van der Waals surface area contributed by atoms with Crippen LogP contribution in [-0.2, 0) is 31.5 Å². The van der Waals surface area contributed by atoms with E-state index < -0.39 is 55.7 Å². The number of aryl methyl sites for hydroxylation is 1. The quantitative estimate of drug-likeness (QED) is 0.348. The smallest absolute Gasteiger partial charge is 0.380 e. The van der Waals surface area contributed by atoms with E-state index in [2.05, 4.69) is 0 Å². The van der Waals surface area contributed by atoms with Crippen molar-refractivity contribution in [2.75, 3.05) is 6.54 Å². The molecule has 14 heteroatoms. The predicted octanol–water partition coefficient (Wildman–Crippen LogP) is 5.32. The fourth-order valence-electron chi connectivity index (χ4n) is 5.90. The van der Waals surface area contributed by atoms with E-state index in [0.29, 0.717) is 15.7 Å². The minimum atomic E-state index is -6.32. The first-order valence-corrected chi connectivity index (χ1v) is 14.5. The van der Waals surface area contributed by atoms with E-state index in [4.69, 9.17) is 0 Å². The molecule has 39 heavy (non-hydrogen) atoms. The molecule has 1 aliphatic heterocycles. The number of carbonyl (C=O) groups is 1. The van der Waals surface area contributed by atoms with Crippen molar-refractivity contribution in [3.63, 3.8) is 0 Å². The number of carbonyl (C=O) groups excluding carboxylic acids is 1. The van der Waals surface area contributed by atoms with Crippen molar-refractivity contribution in [1.29, 1.82) is 0 Å². The number of nitrogens with zero attached hydrogens (tertiary/aromatic N) is 1. The summed E-state index contributed by atoms with van der Waals surface area (Å²) in [6.07, 6.45) is -12.8. The van der Waals surface area contributed by atoms with E-state index >= 15 is 0 Å². The van der Waals surface area contributed by atoms with Crippen LogP contribution < -0.4 is 0 Å². The Morgan fingerprint density at radius 1 is 0.949 bits per heavy atom. The summed E-state index contributed by atoms with van der Waals surface area (Å²) in [5.74, 6) is -0.663. The number of halogens is 8. The highest BCUT2D eigenvalue weighted by Crippen LogP contribution is 2.57. The van der Waals surface area contributed by atoms with Crippen LogP contribution in [0, 0.1) is 3.57 Å². The first kappa shape index (κ1) is 28.6. The number of amides is 1. The normalized spacial score (nSPS) is 24.7. The van der Waals surface area contributed by atoms with Gasteiger partial charge in [-0.1, -0.05) is 18.2 Å². The number of fused-ring (bicyclic) bond motifs is 3. The first-order chi connectivity index (χ1) is 17.9. The molecule has 0 spiro atoms. The maximum atomic E-state index is 14.9. The van der Waals surface area contributed by atoms with Crippen LogP contribution in [0.1, 0.15) is 42.4 Å². The number of hydrogen-bond acceptors (Lipinski definition) is 4. The van der Waals surface area contributed by atoms with Crippen LogP contribution >= 0.6 is 22.6 Å². The average molecular weight is 691 g/mol. The number of aliphatic hydroxyl groups is 1. The van der Waals surface area contributed by atoms with Crippen LogP contribution in [0.3, 0.4) is 0 Å². The van der Waals surface area contributed by atoms with Crippen molar-refractivity contribution < 1.29 is 49.1 Å². The van der Waals surface area contributed by atoms with Gasteiger partial charge in [-0.2, -0.15) is 26.3 Å². The van der Waals surface area contributed by atoms with Gasteiger partial charge >= 0.3 is 18.0 Å². The van der Waals surface area contributed by atoms with E-state index in [0.717, 1.165) is 6.07 Å². The molecule has 2 aromatic rings. The zero-order chi connectivity index (χ0) is 28.8. The maximum Gasteiger partial charge on any atom is 0.435 e. The second-order valence-corrected chi connectivity index (χ2v) is 13.7. The standard InChI is InChI=1S/C25H21F7INO4S/c26-23(24(27,28)29,25(30,31)32)15-2-7-18-14(13-15)1-8-19-22(18,11-12-34(19)20(35)21(36)9-10-21)39(37,38)17-5-3-16(33)4-6-17/h2-7,13,19,36H,1,8-12H2/t19-,22-/m1/s1. The van der Waals surface area contributed by atoms with E-state index in [1.165, 1.54) is 29.2 Å². The molecule has 3 aliphatic rings. The van der Waals surface area contributed by atoms with Gasteiger partial charge in [-0.15, -0.1) is 0 Å². The maximum absolute atomic E-state index is 14.9. The van der Waals surface area contributed by atoms with Crippen LogP contribution in [0.5, 0.6) is 0 Å². The summed E-state index contributed by atoms with van der Waals surface area (Å²) in [7, 11) is -4.40. The highest BCUT2D eigenvalue weighted by Gasteiger charge is 2.74. The predicted molar refractivity (Wildman–Crippen MR) is 132 cm³/mol. The fourth-order valence-corrected chi connectivity index (χ4v) is 8.62. The lowest BCUT2D eigenvalue weighted by Crippen LogP contribution is -2.54. The number of sulfone groups is 1. The van der Waals surface area contributed by atoms with Gasteiger partial charge in [0.05, 0.1) is 10.9 Å². The van der Waals surface area contributed by atoms with Crippen LogP contribution in [0.15, 0.2) is 47.4 Å². The van der Waals surface area contributed by atoms with Gasteiger partial charge < -0.3 is 10.0 Å². The van der Waals surface area contributed by atoms with Crippen LogP contribution in [-0.4, -0.2) is 54.9 Å². The summed E-state index contributed by atoms with van der Waals surface area (Å²) >= 11 is 1.97. The van der Waals surface area contributed by atoms with Gasteiger partial charge in [-0.25, -0.2) is 12.8 Å². The van der Waals surface area contributed by atoms with Gasteiger partial charge in [0.1, 0.15) is 10.3 Å². The molecule has 2 atom stereocenters. The largest absolute Gasteiger partial charge is 0.435 e. The Labute approximate surface area is 232 Å². The third kappa shape index (κ3) is 4.02. The number of benzene rings is 2. The van der Waals surface area contributed by atoms with Gasteiger partial charge in [0.2, 0.25) is 0 Å². The fraction of sp³-hybridized carbons (Fsp3) is 0.480. The SMILES string of the molecule is O=C(N1CC[C@@]2(S(=O)(=O)c3ccc(I)cc3)c3ccc(C(F)(C(F)(F)F)C(F)(F)F)cc3CC[C@@H]12)C1(O)CC1. The second-order valence-electron chi connectivity index (χ2n) is 10.2. The van der Waals surface area contributed by atoms with E-state index in [9.17, 15) is 49.1 Å². The Kier molecular flexibility index (Phi) is 6.43. The lowest BCUT2D eigenvalue weighted by molar-refractivity contribution is -0.348. The molecule has 1 saturated heterocycles. The van der Waals surface area contributed by atoms with Crippen molar-refractivity contribution in [2.45, 2.75) is 71.4 Å². The zero-order valence-corrected chi connectivity index (χ0v) is 22.9. The Morgan fingerprint density at radius 2 is 1.54 bits per heavy atom. The molecule has 1 saturated carbocycles. The van der Waals surface area contributed by atoms with E-state index in [1.54, 1.807) is 0 Å². The molecule has 1 amide bonds. The molecule has 2 aromatic carbocycles. The molecular formula is C25H21F7INO4S. The molecule has 0 bridgehead atoms. The van der Waals surface area contributed by atoms with Crippen LogP contribution in [0.25, 0.3) is 0 Å². The van der Waals surface area contributed by atoms with Crippen LogP contribution in [0.2, 0.25) is 0 Å². The molecule has 0 radical (unpaired) electrons. The van der Waals surface area contributed by atoms with E-state index in [1.807, 2.05) is 22.6 Å². The topological polar surface area (TPSA) is 74.7 Å². The van der Waals surface area contributed by atoms with E-state index in [-0.39, 0.29) is 54.7 Å². The van der Waals surface area contributed by atoms with Crippen molar-refractivity contribution in [1.82, 2.24) is 4.90 Å². The Morgan fingerprint density at radius 3 is 2.08 bits per heavy atom. The molecule has 5 nitrogen and oxygen atoms in total. The third-order valence-electron chi connectivity index (χ3n) is 8.05. The minimum Gasteiger partial charge on any atom is -0.380 e. The minimum absolute atomic E-state index is 0.0779. The molecule has 2 aliphatic carbocycles. The summed E-state index contributed by atoms with van der Waals surface area (Å²) in [4.78, 5) is 14.3. The Hall–Kier alpha value is -1.94. The summed E-state index contributed by atoms with van der Waals surface area (Å²) in [6.45, 7) is -0.102. The van der Waals surface area contributed by atoms with Gasteiger partial charge in [-0.05, 0) is 90.1 Å². The summed E-state index contributed by atoms with van der Waals surface area (Å²) in [5.41, 5.74) is -9.24. The molecule has 0 unspecified atom stereocenters. The molecule has 2 fully saturated rings. The van der Waals surface area contributed by atoms with Gasteiger partial charge in [0, 0.05) is 15.7 Å². The molecule has 1 N–H and O–H groups in total. The van der Waals surface area contributed by atoms with Crippen molar-refractivity contribution in [2.24, 2.45) is 0 Å². The summed E-state index contributed by atoms with van der Waals surface area (Å²) in [5, 5.41) is 10.5. The molecular weight excluding hydrogens is 670 g/mol. The third-order valence-corrected chi connectivity index (χ3v) is 11.3. The molecule has 1 heterocycles. The zero-order valence-electron chi connectivity index (χ0n) is 19.9. The molecule has 5 rings (SSSR count). The Bertz CT molecular complexity index is 1420. The van der Waals surface area contributed by atoms with Crippen LogP contribution in [0.4, 0.5) is 30.7 Å².